The maximum Gasteiger partial charge on any atom is 0.243 e. The fraction of sp³-hybridized carbons (Fsp3) is 0.355. The SMILES string of the molecule is Cc1ccc(CN(C(=O)CCCOc2ccccc2)[C@H](Cc2ccccc2)C(=O)NC(C)(C)C)cc1. The van der Waals surface area contributed by atoms with Crippen molar-refractivity contribution in [1.82, 2.24) is 10.2 Å². The number of benzene rings is 3. The standard InChI is InChI=1S/C31H38N2O3/c1-24-17-19-26(20-18-24)23-33(29(34)16-11-21-36-27-14-9-6-10-15-27)28(30(35)32-31(2,3)4)22-25-12-7-5-8-13-25/h5-10,12-15,17-20,28H,11,16,21-23H2,1-4H3,(H,32,35)/t28-/m1/s1. The van der Waals surface area contributed by atoms with Gasteiger partial charge >= 0.3 is 0 Å². The lowest BCUT2D eigenvalue weighted by molar-refractivity contribution is -0.142. The van der Waals surface area contributed by atoms with Gasteiger partial charge in [0, 0.05) is 24.9 Å². The van der Waals surface area contributed by atoms with E-state index in [1.165, 1.54) is 0 Å². The Bertz CT molecular complexity index is 1090. The highest BCUT2D eigenvalue weighted by Crippen LogP contribution is 2.18. The van der Waals surface area contributed by atoms with Gasteiger partial charge in [0.2, 0.25) is 11.8 Å². The first-order chi connectivity index (χ1) is 17.2. The molecule has 1 atom stereocenters. The molecule has 0 aromatic heterocycles. The van der Waals surface area contributed by atoms with Crippen molar-refractivity contribution < 1.29 is 14.3 Å². The molecule has 0 aliphatic carbocycles. The average molecular weight is 487 g/mol. The number of hydrogen-bond donors (Lipinski definition) is 1. The number of aryl methyl sites for hydroxylation is 1. The van der Waals surface area contributed by atoms with Crippen LogP contribution in [0.15, 0.2) is 84.9 Å². The molecule has 0 aliphatic rings. The lowest BCUT2D eigenvalue weighted by atomic mass is 10.00. The molecule has 0 fully saturated rings. The van der Waals surface area contributed by atoms with Gasteiger partial charge in [-0.2, -0.15) is 0 Å². The van der Waals surface area contributed by atoms with Crippen LogP contribution in [0.4, 0.5) is 0 Å². The number of hydrogen-bond acceptors (Lipinski definition) is 3. The molecular weight excluding hydrogens is 448 g/mol. The smallest absolute Gasteiger partial charge is 0.243 e. The summed E-state index contributed by atoms with van der Waals surface area (Å²) in [4.78, 5) is 28.9. The highest BCUT2D eigenvalue weighted by Gasteiger charge is 2.32. The van der Waals surface area contributed by atoms with Gasteiger partial charge in [-0.1, -0.05) is 78.4 Å². The normalized spacial score (nSPS) is 12.0. The Balaban J connectivity index is 1.81. The zero-order chi connectivity index (χ0) is 26.0. The molecule has 1 N–H and O–H groups in total. The zero-order valence-electron chi connectivity index (χ0n) is 21.9. The predicted octanol–water partition coefficient (Wildman–Crippen LogP) is 5.71. The second-order valence-corrected chi connectivity index (χ2v) is 10.2. The lowest BCUT2D eigenvalue weighted by Crippen LogP contribution is -2.54. The van der Waals surface area contributed by atoms with Gasteiger partial charge in [0.1, 0.15) is 11.8 Å². The number of carbonyl (C=O) groups excluding carboxylic acids is 2. The molecule has 0 bridgehead atoms. The third-order valence-electron chi connectivity index (χ3n) is 5.79. The molecule has 2 amide bonds. The summed E-state index contributed by atoms with van der Waals surface area (Å²) in [6, 6.07) is 26.9. The van der Waals surface area contributed by atoms with E-state index >= 15 is 0 Å². The van der Waals surface area contributed by atoms with Crippen LogP contribution in [0.3, 0.4) is 0 Å². The molecule has 3 aromatic carbocycles. The van der Waals surface area contributed by atoms with Gasteiger partial charge in [0.15, 0.2) is 0 Å². The first kappa shape index (κ1) is 27.0. The first-order valence-electron chi connectivity index (χ1n) is 12.6. The van der Waals surface area contributed by atoms with Crippen molar-refractivity contribution in [3.8, 4) is 5.75 Å². The minimum absolute atomic E-state index is 0.0581. The Morgan fingerprint density at radius 3 is 2.08 bits per heavy atom. The van der Waals surface area contributed by atoms with E-state index < -0.39 is 11.6 Å². The summed E-state index contributed by atoms with van der Waals surface area (Å²) < 4.78 is 5.79. The second kappa shape index (κ2) is 12.9. The van der Waals surface area contributed by atoms with Gasteiger partial charge in [-0.15, -0.1) is 0 Å². The van der Waals surface area contributed by atoms with E-state index in [0.29, 0.717) is 32.4 Å². The number of ether oxygens (including phenoxy) is 1. The Labute approximate surface area is 215 Å². The van der Waals surface area contributed by atoms with Crippen molar-refractivity contribution in [3.63, 3.8) is 0 Å². The monoisotopic (exact) mass is 486 g/mol. The summed E-state index contributed by atoms with van der Waals surface area (Å²) in [5.41, 5.74) is 2.76. The van der Waals surface area contributed by atoms with E-state index in [4.69, 9.17) is 4.74 Å². The van der Waals surface area contributed by atoms with Crippen LogP contribution in [0, 0.1) is 6.92 Å². The quantitative estimate of drug-likeness (QED) is 0.353. The zero-order valence-corrected chi connectivity index (χ0v) is 21.9. The van der Waals surface area contributed by atoms with E-state index in [9.17, 15) is 9.59 Å². The van der Waals surface area contributed by atoms with Crippen molar-refractivity contribution in [3.05, 3.63) is 102 Å². The van der Waals surface area contributed by atoms with E-state index in [0.717, 1.165) is 22.4 Å². The molecule has 0 unspecified atom stereocenters. The molecule has 0 heterocycles. The largest absolute Gasteiger partial charge is 0.494 e. The van der Waals surface area contributed by atoms with Crippen LogP contribution in [0.25, 0.3) is 0 Å². The molecule has 190 valence electrons. The van der Waals surface area contributed by atoms with Gasteiger partial charge in [-0.05, 0) is 57.4 Å². The fourth-order valence-corrected chi connectivity index (χ4v) is 3.97. The molecule has 0 saturated heterocycles. The summed E-state index contributed by atoms with van der Waals surface area (Å²) in [6.07, 6.45) is 1.31. The molecule has 5 nitrogen and oxygen atoms in total. The first-order valence-corrected chi connectivity index (χ1v) is 12.6. The average Bonchev–Trinajstić information content (AvgIpc) is 2.85. The lowest BCUT2D eigenvalue weighted by Gasteiger charge is -2.34. The van der Waals surface area contributed by atoms with E-state index in [1.54, 1.807) is 4.90 Å². The number of para-hydroxylation sites is 1. The van der Waals surface area contributed by atoms with Gasteiger partial charge < -0.3 is 15.0 Å². The van der Waals surface area contributed by atoms with E-state index in [-0.39, 0.29) is 11.8 Å². The molecule has 5 heteroatoms. The number of amides is 2. The predicted molar refractivity (Wildman–Crippen MR) is 145 cm³/mol. The van der Waals surface area contributed by atoms with Crippen LogP contribution >= 0.6 is 0 Å². The van der Waals surface area contributed by atoms with Crippen LogP contribution < -0.4 is 10.1 Å². The Morgan fingerprint density at radius 2 is 1.47 bits per heavy atom. The highest BCUT2D eigenvalue weighted by atomic mass is 16.5. The fourth-order valence-electron chi connectivity index (χ4n) is 3.97. The molecule has 0 saturated carbocycles. The van der Waals surface area contributed by atoms with Gasteiger partial charge in [0.05, 0.1) is 6.61 Å². The van der Waals surface area contributed by atoms with Gasteiger partial charge in [-0.25, -0.2) is 0 Å². The Kier molecular flexibility index (Phi) is 9.69. The van der Waals surface area contributed by atoms with Crippen molar-refractivity contribution >= 4 is 11.8 Å². The maximum atomic E-state index is 13.6. The summed E-state index contributed by atoms with van der Waals surface area (Å²) in [6.45, 7) is 8.71. The number of nitrogens with one attached hydrogen (secondary N) is 1. The van der Waals surface area contributed by atoms with Crippen molar-refractivity contribution in [1.29, 1.82) is 0 Å². The third kappa shape index (κ3) is 8.88. The summed E-state index contributed by atoms with van der Waals surface area (Å²) >= 11 is 0. The summed E-state index contributed by atoms with van der Waals surface area (Å²) in [5.74, 6) is 0.581. The topological polar surface area (TPSA) is 58.6 Å². The van der Waals surface area contributed by atoms with E-state index in [1.807, 2.05) is 113 Å². The van der Waals surface area contributed by atoms with Crippen molar-refractivity contribution in [2.24, 2.45) is 0 Å². The highest BCUT2D eigenvalue weighted by molar-refractivity contribution is 5.88. The number of rotatable bonds is 11. The van der Waals surface area contributed by atoms with Crippen LogP contribution in [0.2, 0.25) is 0 Å². The van der Waals surface area contributed by atoms with Crippen LogP contribution in [-0.2, 0) is 22.6 Å². The third-order valence-corrected chi connectivity index (χ3v) is 5.79. The van der Waals surface area contributed by atoms with Crippen LogP contribution in [0.5, 0.6) is 5.75 Å². The molecule has 0 aliphatic heterocycles. The summed E-state index contributed by atoms with van der Waals surface area (Å²) in [7, 11) is 0. The minimum atomic E-state index is -0.629. The molecule has 3 rings (SSSR count). The number of nitrogens with zero attached hydrogens (tertiary/aromatic N) is 1. The molecule has 3 aromatic rings. The van der Waals surface area contributed by atoms with Gasteiger partial charge in [-0.3, -0.25) is 9.59 Å². The van der Waals surface area contributed by atoms with Crippen molar-refractivity contribution in [2.45, 2.75) is 65.1 Å². The number of carbonyl (C=O) groups is 2. The maximum absolute atomic E-state index is 13.6. The van der Waals surface area contributed by atoms with Gasteiger partial charge in [0.25, 0.3) is 0 Å². The van der Waals surface area contributed by atoms with Crippen LogP contribution in [0.1, 0.15) is 50.3 Å². The van der Waals surface area contributed by atoms with Crippen molar-refractivity contribution in [2.75, 3.05) is 6.61 Å². The second-order valence-electron chi connectivity index (χ2n) is 10.2. The molecular formula is C31H38N2O3. The summed E-state index contributed by atoms with van der Waals surface area (Å²) in [5, 5.41) is 3.10. The van der Waals surface area contributed by atoms with E-state index in [2.05, 4.69) is 5.32 Å². The van der Waals surface area contributed by atoms with Crippen LogP contribution in [-0.4, -0.2) is 34.9 Å². The molecule has 0 radical (unpaired) electrons. The minimum Gasteiger partial charge on any atom is -0.494 e. The molecule has 0 spiro atoms. The Hall–Kier alpha value is -3.60. The Morgan fingerprint density at radius 1 is 0.861 bits per heavy atom. The molecule has 36 heavy (non-hydrogen) atoms.